The number of hydrogen-bond donors (Lipinski definition) is 2. The Kier molecular flexibility index (Phi) is 7.38. The van der Waals surface area contributed by atoms with Crippen LogP contribution in [0.4, 0.5) is 10.5 Å². The number of halogens is 2. The summed E-state index contributed by atoms with van der Waals surface area (Å²) < 4.78 is 1.29. The van der Waals surface area contributed by atoms with Crippen molar-refractivity contribution in [3.05, 3.63) is 62.5 Å². The lowest BCUT2D eigenvalue weighted by Crippen LogP contribution is -2.47. The zero-order valence-corrected chi connectivity index (χ0v) is 21.3. The number of urea groups is 1. The van der Waals surface area contributed by atoms with E-state index in [2.05, 4.69) is 37.2 Å². The molecule has 2 aromatic rings. The van der Waals surface area contributed by atoms with Crippen LogP contribution in [0, 0.1) is 0 Å². The Bertz CT molecular complexity index is 1030. The monoisotopic (exact) mass is 576 g/mol. The van der Waals surface area contributed by atoms with Crippen LogP contribution in [0.25, 0.3) is 0 Å². The Balaban J connectivity index is 1.26. The number of carbonyl (C=O) groups excluding carboxylic acids is 3. The molecule has 0 saturated carbocycles. The van der Waals surface area contributed by atoms with Crippen LogP contribution in [0.15, 0.2) is 51.4 Å². The Hall–Kier alpha value is -2.39. The molecule has 3 amide bonds. The van der Waals surface area contributed by atoms with Gasteiger partial charge < -0.3 is 20.9 Å². The molecule has 0 aromatic heterocycles. The van der Waals surface area contributed by atoms with Crippen LogP contribution in [0.3, 0.4) is 0 Å². The maximum Gasteiger partial charge on any atom is 0.318 e. The number of ketones is 1. The summed E-state index contributed by atoms with van der Waals surface area (Å²) in [5.74, 6) is -0.122. The third-order valence-corrected chi connectivity index (χ3v) is 7.68. The molecule has 2 fully saturated rings. The second-order valence-electron chi connectivity index (χ2n) is 8.45. The van der Waals surface area contributed by atoms with Crippen molar-refractivity contribution in [2.45, 2.75) is 37.8 Å². The average Bonchev–Trinajstić information content (AvgIpc) is 3.22. The largest absolute Gasteiger partial charge is 0.397 e. The quantitative estimate of drug-likeness (QED) is 0.390. The van der Waals surface area contributed by atoms with Crippen molar-refractivity contribution in [1.29, 1.82) is 0 Å². The van der Waals surface area contributed by atoms with Crippen molar-refractivity contribution < 1.29 is 14.4 Å². The first-order valence-electron chi connectivity index (χ1n) is 11.0. The number of anilines is 1. The lowest BCUT2D eigenvalue weighted by Gasteiger charge is -2.36. The summed E-state index contributed by atoms with van der Waals surface area (Å²) in [5, 5.41) is 3.07. The van der Waals surface area contributed by atoms with E-state index in [9.17, 15) is 14.4 Å². The highest BCUT2D eigenvalue weighted by Crippen LogP contribution is 2.30. The zero-order valence-electron chi connectivity index (χ0n) is 18.1. The van der Waals surface area contributed by atoms with Gasteiger partial charge in [-0.3, -0.25) is 9.59 Å². The number of rotatable bonds is 6. The van der Waals surface area contributed by atoms with Gasteiger partial charge in [-0.25, -0.2) is 4.79 Å². The minimum atomic E-state index is -0.0969. The molecule has 4 rings (SSSR count). The summed E-state index contributed by atoms with van der Waals surface area (Å²) in [6.07, 6.45) is 1.80. The van der Waals surface area contributed by atoms with Crippen LogP contribution in [-0.4, -0.2) is 53.2 Å². The molecule has 0 aliphatic carbocycles. The van der Waals surface area contributed by atoms with E-state index in [0.717, 1.165) is 18.4 Å². The molecule has 1 unspecified atom stereocenters. The summed E-state index contributed by atoms with van der Waals surface area (Å²) in [7, 11) is 0. The van der Waals surface area contributed by atoms with E-state index >= 15 is 0 Å². The Morgan fingerprint density at radius 2 is 1.67 bits per heavy atom. The highest BCUT2D eigenvalue weighted by Gasteiger charge is 2.36. The van der Waals surface area contributed by atoms with Crippen molar-refractivity contribution in [1.82, 2.24) is 15.1 Å². The summed E-state index contributed by atoms with van der Waals surface area (Å²) in [6, 6.07) is 13.4. The molecule has 2 saturated heterocycles. The Morgan fingerprint density at radius 3 is 2.30 bits per heavy atom. The predicted octanol–water partition coefficient (Wildman–Crippen LogP) is 4.51. The molecule has 7 nitrogen and oxygen atoms in total. The Labute approximate surface area is 209 Å². The SMILES string of the molecule is Nc1c(Br)cc(C(=O)CCC(=O)N2CCC(N3CC(c4ccccc4)NC3=O)CC2)cc1Br. The molecule has 1 atom stereocenters. The lowest BCUT2D eigenvalue weighted by atomic mass is 10.0. The van der Waals surface area contributed by atoms with Gasteiger partial charge in [0.25, 0.3) is 0 Å². The third-order valence-electron chi connectivity index (χ3n) is 6.36. The van der Waals surface area contributed by atoms with E-state index in [-0.39, 0.29) is 42.6 Å². The van der Waals surface area contributed by atoms with Crippen LogP contribution in [0.2, 0.25) is 0 Å². The highest BCUT2D eigenvalue weighted by atomic mass is 79.9. The second kappa shape index (κ2) is 10.3. The summed E-state index contributed by atoms with van der Waals surface area (Å²) in [6.45, 7) is 1.83. The number of likely N-dealkylation sites (tertiary alicyclic amines) is 1. The fraction of sp³-hybridized carbons (Fsp3) is 0.375. The van der Waals surface area contributed by atoms with Crippen molar-refractivity contribution >= 4 is 55.3 Å². The molecule has 2 aliphatic rings. The number of hydrogen-bond acceptors (Lipinski definition) is 4. The molecule has 2 heterocycles. The van der Waals surface area contributed by atoms with E-state index < -0.39 is 0 Å². The van der Waals surface area contributed by atoms with E-state index in [1.807, 2.05) is 35.2 Å². The van der Waals surface area contributed by atoms with Crippen molar-refractivity contribution in [2.24, 2.45) is 0 Å². The number of benzene rings is 2. The number of nitrogens with one attached hydrogen (secondary N) is 1. The molecule has 0 spiro atoms. The molecule has 0 radical (unpaired) electrons. The number of piperidine rings is 1. The number of carbonyl (C=O) groups is 3. The molecule has 2 aliphatic heterocycles. The van der Waals surface area contributed by atoms with Crippen LogP contribution >= 0.6 is 31.9 Å². The smallest absolute Gasteiger partial charge is 0.318 e. The van der Waals surface area contributed by atoms with Gasteiger partial charge in [0, 0.05) is 53.0 Å². The van der Waals surface area contributed by atoms with Crippen LogP contribution in [0.1, 0.15) is 47.6 Å². The van der Waals surface area contributed by atoms with Gasteiger partial charge in [-0.1, -0.05) is 30.3 Å². The van der Waals surface area contributed by atoms with Gasteiger partial charge in [-0.15, -0.1) is 0 Å². The summed E-state index contributed by atoms with van der Waals surface area (Å²) in [4.78, 5) is 41.5. The van der Waals surface area contributed by atoms with E-state index in [1.54, 1.807) is 17.0 Å². The first-order chi connectivity index (χ1) is 15.8. The first-order valence-corrected chi connectivity index (χ1v) is 12.6. The van der Waals surface area contributed by atoms with Gasteiger partial charge in [0.2, 0.25) is 5.91 Å². The maximum absolute atomic E-state index is 12.7. The highest BCUT2D eigenvalue weighted by molar-refractivity contribution is 9.11. The van der Waals surface area contributed by atoms with Gasteiger partial charge >= 0.3 is 6.03 Å². The van der Waals surface area contributed by atoms with Crippen LogP contribution in [-0.2, 0) is 4.79 Å². The van der Waals surface area contributed by atoms with Gasteiger partial charge in [0.05, 0.1) is 11.7 Å². The molecule has 0 bridgehead atoms. The van der Waals surface area contributed by atoms with Gasteiger partial charge in [-0.2, -0.15) is 0 Å². The normalized spacial score (nSPS) is 19.0. The summed E-state index contributed by atoms with van der Waals surface area (Å²) >= 11 is 6.70. The maximum atomic E-state index is 12.7. The third kappa shape index (κ3) is 5.41. The van der Waals surface area contributed by atoms with E-state index in [0.29, 0.717) is 39.8 Å². The molecule has 3 N–H and O–H groups in total. The molecule has 174 valence electrons. The fourth-order valence-corrected chi connectivity index (χ4v) is 5.63. The van der Waals surface area contributed by atoms with Crippen molar-refractivity contribution in [3.63, 3.8) is 0 Å². The number of nitrogens with zero attached hydrogens (tertiary/aromatic N) is 2. The molecular formula is C24H26Br2N4O3. The number of nitrogens with two attached hydrogens (primary N) is 1. The standard InChI is InChI=1S/C24H26Br2N4O3/c25-18-12-16(13-19(26)23(18)27)21(31)6-7-22(32)29-10-8-17(9-11-29)30-14-20(28-24(30)33)15-4-2-1-3-5-15/h1-5,12-13,17,20H,6-11,14,27H2,(H,28,33). The van der Waals surface area contributed by atoms with Gasteiger partial charge in [0.15, 0.2) is 5.78 Å². The van der Waals surface area contributed by atoms with Crippen molar-refractivity contribution in [3.8, 4) is 0 Å². The van der Waals surface area contributed by atoms with Gasteiger partial charge in [0.1, 0.15) is 0 Å². The van der Waals surface area contributed by atoms with Crippen molar-refractivity contribution in [2.75, 3.05) is 25.4 Å². The molecule has 9 heteroatoms. The molecular weight excluding hydrogens is 552 g/mol. The summed E-state index contributed by atoms with van der Waals surface area (Å²) in [5.41, 5.74) is 8.03. The van der Waals surface area contributed by atoms with Crippen LogP contribution in [0.5, 0.6) is 0 Å². The Morgan fingerprint density at radius 1 is 1.03 bits per heavy atom. The fourth-order valence-electron chi connectivity index (χ4n) is 4.44. The van der Waals surface area contributed by atoms with E-state index in [1.165, 1.54) is 0 Å². The molecule has 33 heavy (non-hydrogen) atoms. The van der Waals surface area contributed by atoms with Gasteiger partial charge in [-0.05, 0) is 62.4 Å². The number of amides is 3. The van der Waals surface area contributed by atoms with Crippen LogP contribution < -0.4 is 11.1 Å². The predicted molar refractivity (Wildman–Crippen MR) is 134 cm³/mol. The number of Topliss-reactive ketones (excluding diaryl/α,β-unsaturated/α-hetero) is 1. The average molecular weight is 578 g/mol. The minimum Gasteiger partial charge on any atom is -0.397 e. The number of nitrogen functional groups attached to an aromatic ring is 1. The zero-order chi connectivity index (χ0) is 23.5. The first kappa shape index (κ1) is 23.8. The van der Waals surface area contributed by atoms with E-state index in [4.69, 9.17) is 5.73 Å². The minimum absolute atomic E-state index is 0.00205. The lowest BCUT2D eigenvalue weighted by molar-refractivity contribution is -0.132. The molecule has 2 aromatic carbocycles. The topological polar surface area (TPSA) is 95.7 Å². The second-order valence-corrected chi connectivity index (χ2v) is 10.2.